The molecule has 0 spiro atoms. The highest BCUT2D eigenvalue weighted by Gasteiger charge is 2.07. The Morgan fingerprint density at radius 3 is 2.53 bits per heavy atom. The second kappa shape index (κ2) is 3.93. The minimum atomic E-state index is -0.325. The fourth-order valence-corrected chi connectivity index (χ4v) is 1.43. The van der Waals surface area contributed by atoms with Crippen LogP contribution in [0.2, 0.25) is 0 Å². The summed E-state index contributed by atoms with van der Waals surface area (Å²) in [6.07, 6.45) is 0. The number of benzene rings is 2. The zero-order chi connectivity index (χ0) is 10.7. The lowest BCUT2D eigenvalue weighted by Gasteiger charge is -2.04. The summed E-state index contributed by atoms with van der Waals surface area (Å²) in [6.45, 7) is 0. The van der Waals surface area contributed by atoms with Crippen LogP contribution in [0.5, 0.6) is 0 Å². The van der Waals surface area contributed by atoms with Gasteiger partial charge in [-0.15, -0.1) is 0 Å². The Labute approximate surface area is 87.4 Å². The van der Waals surface area contributed by atoms with E-state index in [4.69, 9.17) is 5.26 Å². The van der Waals surface area contributed by atoms with Crippen LogP contribution in [0, 0.1) is 23.2 Å². The predicted octanol–water partition coefficient (Wildman–Crippen LogP) is 3.16. The summed E-state index contributed by atoms with van der Waals surface area (Å²) in [5, 5.41) is 8.87. The summed E-state index contributed by atoms with van der Waals surface area (Å²) in [6, 6.07) is 16.3. The van der Waals surface area contributed by atoms with Crippen LogP contribution in [0.25, 0.3) is 11.1 Å². The lowest BCUT2D eigenvalue weighted by molar-refractivity contribution is 0.631. The Kier molecular flexibility index (Phi) is 2.47. The molecule has 15 heavy (non-hydrogen) atoms. The van der Waals surface area contributed by atoms with Gasteiger partial charge in [-0.05, 0) is 6.07 Å². The van der Waals surface area contributed by atoms with E-state index in [0.717, 1.165) is 0 Å². The van der Waals surface area contributed by atoms with Gasteiger partial charge in [-0.25, -0.2) is 4.39 Å². The molecule has 2 rings (SSSR count). The van der Waals surface area contributed by atoms with Crippen LogP contribution in [0.3, 0.4) is 0 Å². The number of hydrogen-bond donors (Lipinski definition) is 0. The highest BCUT2D eigenvalue weighted by molar-refractivity contribution is 5.70. The first kappa shape index (κ1) is 9.42. The Bertz CT molecular complexity index is 526. The smallest absolute Gasteiger partial charge is 0.131 e. The van der Waals surface area contributed by atoms with E-state index >= 15 is 0 Å². The fourth-order valence-electron chi connectivity index (χ4n) is 1.43. The van der Waals surface area contributed by atoms with Gasteiger partial charge in [0.2, 0.25) is 0 Å². The van der Waals surface area contributed by atoms with E-state index in [-0.39, 0.29) is 5.82 Å². The molecule has 0 saturated heterocycles. The van der Waals surface area contributed by atoms with Gasteiger partial charge in [0.05, 0.1) is 5.56 Å². The van der Waals surface area contributed by atoms with Crippen molar-refractivity contribution in [2.75, 3.05) is 0 Å². The lowest BCUT2D eigenvalue weighted by Crippen LogP contribution is -1.87. The SMILES string of the molecule is N#Cc1[c]cccc1-c1ccccc1F. The first-order valence-electron chi connectivity index (χ1n) is 4.48. The normalized spacial score (nSPS) is 9.60. The van der Waals surface area contributed by atoms with Crippen LogP contribution >= 0.6 is 0 Å². The Morgan fingerprint density at radius 1 is 1.07 bits per heavy atom. The summed E-state index contributed by atoms with van der Waals surface area (Å²) in [5.41, 5.74) is 1.38. The summed E-state index contributed by atoms with van der Waals surface area (Å²) in [4.78, 5) is 0. The molecular weight excluding hydrogens is 189 g/mol. The highest BCUT2D eigenvalue weighted by Crippen LogP contribution is 2.25. The van der Waals surface area contributed by atoms with Gasteiger partial charge in [0.25, 0.3) is 0 Å². The van der Waals surface area contributed by atoms with Crippen molar-refractivity contribution in [2.45, 2.75) is 0 Å². The van der Waals surface area contributed by atoms with Crippen molar-refractivity contribution in [1.29, 1.82) is 5.26 Å². The van der Waals surface area contributed by atoms with Crippen molar-refractivity contribution >= 4 is 0 Å². The van der Waals surface area contributed by atoms with Gasteiger partial charge in [0, 0.05) is 17.2 Å². The van der Waals surface area contributed by atoms with Crippen LogP contribution in [-0.4, -0.2) is 0 Å². The molecule has 0 unspecified atom stereocenters. The van der Waals surface area contributed by atoms with Crippen molar-refractivity contribution in [3.8, 4) is 17.2 Å². The minimum Gasteiger partial charge on any atom is -0.206 e. The first-order valence-corrected chi connectivity index (χ1v) is 4.48. The maximum absolute atomic E-state index is 13.5. The molecule has 0 aromatic heterocycles. The molecule has 1 radical (unpaired) electrons. The van der Waals surface area contributed by atoms with Crippen LogP contribution < -0.4 is 0 Å². The zero-order valence-corrected chi connectivity index (χ0v) is 7.87. The Hall–Kier alpha value is -2.14. The van der Waals surface area contributed by atoms with Gasteiger partial charge in [-0.2, -0.15) is 5.26 Å². The molecular formula is C13H7FN. The summed E-state index contributed by atoms with van der Waals surface area (Å²) in [5.74, 6) is -0.325. The van der Waals surface area contributed by atoms with E-state index in [2.05, 4.69) is 6.07 Å². The quantitative estimate of drug-likeness (QED) is 0.687. The van der Waals surface area contributed by atoms with E-state index in [1.165, 1.54) is 6.07 Å². The minimum absolute atomic E-state index is 0.325. The third-order valence-corrected chi connectivity index (χ3v) is 2.13. The molecule has 0 aliphatic rings. The molecule has 0 aliphatic carbocycles. The molecule has 0 atom stereocenters. The van der Waals surface area contributed by atoms with Gasteiger partial charge in [0.1, 0.15) is 11.9 Å². The van der Waals surface area contributed by atoms with Gasteiger partial charge in [-0.3, -0.25) is 0 Å². The number of halogens is 1. The highest BCUT2D eigenvalue weighted by atomic mass is 19.1. The van der Waals surface area contributed by atoms with E-state index in [1.807, 2.05) is 6.07 Å². The molecule has 0 bridgehead atoms. The van der Waals surface area contributed by atoms with Gasteiger partial charge >= 0.3 is 0 Å². The third kappa shape index (κ3) is 1.72. The molecule has 1 nitrogen and oxygen atoms in total. The standard InChI is InChI=1S/C13H7FN/c14-13-8-4-3-7-12(13)11-6-2-1-5-10(11)9-15/h1-4,6-8H. The maximum atomic E-state index is 13.5. The van der Waals surface area contributed by atoms with E-state index in [1.54, 1.807) is 36.4 Å². The molecule has 0 heterocycles. The number of hydrogen-bond acceptors (Lipinski definition) is 1. The molecule has 0 amide bonds. The van der Waals surface area contributed by atoms with Crippen molar-refractivity contribution in [3.05, 3.63) is 59.9 Å². The predicted molar refractivity (Wildman–Crippen MR) is 55.4 cm³/mol. The molecule has 0 aliphatic heterocycles. The molecule has 0 N–H and O–H groups in total. The summed E-state index contributed by atoms with van der Waals surface area (Å²) in [7, 11) is 0. The summed E-state index contributed by atoms with van der Waals surface area (Å²) >= 11 is 0. The number of rotatable bonds is 1. The fraction of sp³-hybridized carbons (Fsp3) is 0. The van der Waals surface area contributed by atoms with E-state index in [9.17, 15) is 4.39 Å². The number of nitrogens with zero attached hydrogens (tertiary/aromatic N) is 1. The molecule has 71 valence electrons. The van der Waals surface area contributed by atoms with Crippen molar-refractivity contribution in [3.63, 3.8) is 0 Å². The summed E-state index contributed by atoms with van der Waals surface area (Å²) < 4.78 is 13.5. The third-order valence-electron chi connectivity index (χ3n) is 2.13. The van der Waals surface area contributed by atoms with Crippen LogP contribution in [-0.2, 0) is 0 Å². The second-order valence-corrected chi connectivity index (χ2v) is 3.05. The average Bonchev–Trinajstić information content (AvgIpc) is 2.30. The Balaban J connectivity index is 2.65. The van der Waals surface area contributed by atoms with E-state index in [0.29, 0.717) is 16.7 Å². The average molecular weight is 196 g/mol. The zero-order valence-electron chi connectivity index (χ0n) is 7.87. The largest absolute Gasteiger partial charge is 0.206 e. The molecule has 2 aromatic rings. The molecule has 2 aromatic carbocycles. The Morgan fingerprint density at radius 2 is 1.80 bits per heavy atom. The molecule has 0 fully saturated rings. The second-order valence-electron chi connectivity index (χ2n) is 3.05. The van der Waals surface area contributed by atoms with E-state index < -0.39 is 0 Å². The van der Waals surface area contributed by atoms with Gasteiger partial charge < -0.3 is 0 Å². The molecule has 0 saturated carbocycles. The first-order chi connectivity index (χ1) is 7.33. The van der Waals surface area contributed by atoms with Crippen LogP contribution in [0.1, 0.15) is 5.56 Å². The van der Waals surface area contributed by atoms with Crippen molar-refractivity contribution in [2.24, 2.45) is 0 Å². The van der Waals surface area contributed by atoms with Crippen molar-refractivity contribution in [1.82, 2.24) is 0 Å². The maximum Gasteiger partial charge on any atom is 0.131 e. The van der Waals surface area contributed by atoms with Gasteiger partial charge in [-0.1, -0.05) is 36.4 Å². The molecule has 2 heteroatoms. The van der Waals surface area contributed by atoms with Crippen LogP contribution in [0.15, 0.2) is 42.5 Å². The lowest BCUT2D eigenvalue weighted by atomic mass is 10.0. The van der Waals surface area contributed by atoms with Gasteiger partial charge in [0.15, 0.2) is 0 Å². The van der Waals surface area contributed by atoms with Crippen LogP contribution in [0.4, 0.5) is 4.39 Å². The monoisotopic (exact) mass is 196 g/mol. The number of nitriles is 1. The topological polar surface area (TPSA) is 23.8 Å². The van der Waals surface area contributed by atoms with Crippen molar-refractivity contribution < 1.29 is 4.39 Å².